The lowest BCUT2D eigenvalue weighted by Crippen LogP contribution is -2.26. The molecule has 0 saturated carbocycles. The van der Waals surface area contributed by atoms with Gasteiger partial charge in [-0.05, 0) is 57.2 Å². The average Bonchev–Trinajstić information content (AvgIpc) is 2.46. The Kier molecular flexibility index (Phi) is 5.75. The first-order valence-corrected chi connectivity index (χ1v) is 6.72. The molecule has 0 atom stereocenters. The summed E-state index contributed by atoms with van der Waals surface area (Å²) in [7, 11) is 0. The van der Waals surface area contributed by atoms with Gasteiger partial charge in [0.25, 0.3) is 0 Å². The Morgan fingerprint density at radius 2 is 2.06 bits per heavy atom. The number of amidine groups is 1. The van der Waals surface area contributed by atoms with Gasteiger partial charge in [-0.15, -0.1) is 0 Å². The first-order valence-electron chi connectivity index (χ1n) is 6.72. The number of unbranched alkanes of at least 4 members (excludes halogenated alkanes) is 1. The molecule has 3 N–H and O–H groups in total. The second kappa shape index (κ2) is 6.84. The normalized spacial score (nSPS) is 22.4. The number of nitrogens with zero attached hydrogens (tertiary/aromatic N) is 2. The summed E-state index contributed by atoms with van der Waals surface area (Å²) in [5.74, 6) is 0.349. The monoisotopic (exact) mass is 241 g/mol. The van der Waals surface area contributed by atoms with E-state index in [0.717, 1.165) is 19.4 Å². The van der Waals surface area contributed by atoms with Crippen molar-refractivity contribution >= 4 is 5.84 Å². The quantitative estimate of drug-likeness (QED) is 0.255. The Labute approximate surface area is 105 Å². The maximum absolute atomic E-state index is 8.43. The van der Waals surface area contributed by atoms with Crippen LogP contribution in [0.4, 0.5) is 0 Å². The number of hydrogen-bond acceptors (Lipinski definition) is 3. The predicted octanol–water partition coefficient (Wildman–Crippen LogP) is 2.42. The summed E-state index contributed by atoms with van der Waals surface area (Å²) in [6, 6.07) is 0. The third kappa shape index (κ3) is 5.91. The van der Waals surface area contributed by atoms with Gasteiger partial charge in [-0.3, -0.25) is 0 Å². The Bertz CT molecular complexity index is 251. The van der Waals surface area contributed by atoms with E-state index in [1.54, 1.807) is 0 Å². The molecule has 0 aromatic carbocycles. The Morgan fingerprint density at radius 1 is 1.29 bits per heavy atom. The van der Waals surface area contributed by atoms with Gasteiger partial charge in [0.2, 0.25) is 0 Å². The van der Waals surface area contributed by atoms with Crippen LogP contribution < -0.4 is 5.73 Å². The predicted molar refractivity (Wildman–Crippen MR) is 71.3 cm³/mol. The van der Waals surface area contributed by atoms with Crippen LogP contribution in [0, 0.1) is 5.41 Å². The molecule has 4 heteroatoms. The lowest BCUT2D eigenvalue weighted by Gasteiger charge is -2.23. The van der Waals surface area contributed by atoms with Gasteiger partial charge >= 0.3 is 0 Å². The largest absolute Gasteiger partial charge is 0.409 e. The summed E-state index contributed by atoms with van der Waals surface area (Å²) in [5, 5.41) is 11.4. The molecule has 1 aliphatic rings. The highest BCUT2D eigenvalue weighted by atomic mass is 16.4. The fraction of sp³-hybridized carbons (Fsp3) is 0.923. The van der Waals surface area contributed by atoms with Crippen molar-refractivity contribution < 1.29 is 5.21 Å². The van der Waals surface area contributed by atoms with Gasteiger partial charge in [0.15, 0.2) is 0 Å². The molecule has 100 valence electrons. The van der Waals surface area contributed by atoms with Gasteiger partial charge in [-0.1, -0.05) is 19.0 Å². The molecule has 0 radical (unpaired) electrons. The van der Waals surface area contributed by atoms with E-state index in [1.165, 1.54) is 32.4 Å². The van der Waals surface area contributed by atoms with Crippen LogP contribution in [0.3, 0.4) is 0 Å². The van der Waals surface area contributed by atoms with Gasteiger partial charge in [-0.2, -0.15) is 0 Å². The third-order valence-electron chi connectivity index (χ3n) is 3.72. The van der Waals surface area contributed by atoms with E-state index in [2.05, 4.69) is 23.9 Å². The molecule has 0 aromatic heterocycles. The topological polar surface area (TPSA) is 61.8 Å². The van der Waals surface area contributed by atoms with E-state index >= 15 is 0 Å². The molecule has 0 aliphatic carbocycles. The minimum Gasteiger partial charge on any atom is -0.409 e. The van der Waals surface area contributed by atoms with Crippen molar-refractivity contribution in [3.63, 3.8) is 0 Å². The van der Waals surface area contributed by atoms with E-state index in [4.69, 9.17) is 10.9 Å². The number of rotatable bonds is 5. The van der Waals surface area contributed by atoms with Gasteiger partial charge in [0.05, 0.1) is 0 Å². The van der Waals surface area contributed by atoms with Crippen LogP contribution >= 0.6 is 0 Å². The smallest absolute Gasteiger partial charge is 0.139 e. The highest BCUT2D eigenvalue weighted by molar-refractivity contribution is 5.79. The van der Waals surface area contributed by atoms with E-state index in [9.17, 15) is 0 Å². The molecule has 0 bridgehead atoms. The summed E-state index contributed by atoms with van der Waals surface area (Å²) in [6.07, 6.45) is 6.80. The minimum absolute atomic E-state index is 0.349. The molecule has 1 heterocycles. The maximum Gasteiger partial charge on any atom is 0.139 e. The van der Waals surface area contributed by atoms with Crippen LogP contribution in [0.25, 0.3) is 0 Å². The molecule has 0 spiro atoms. The summed E-state index contributed by atoms with van der Waals surface area (Å²) in [4.78, 5) is 2.56. The number of hydrogen-bond donors (Lipinski definition) is 2. The van der Waals surface area contributed by atoms with Crippen molar-refractivity contribution in [2.75, 3.05) is 19.6 Å². The highest BCUT2D eigenvalue weighted by Crippen LogP contribution is 2.29. The molecule has 1 aliphatic heterocycles. The van der Waals surface area contributed by atoms with Crippen molar-refractivity contribution in [1.29, 1.82) is 0 Å². The van der Waals surface area contributed by atoms with Gasteiger partial charge in [-0.25, -0.2) is 0 Å². The van der Waals surface area contributed by atoms with Gasteiger partial charge in [0.1, 0.15) is 5.84 Å². The Hall–Kier alpha value is -0.770. The molecule has 1 saturated heterocycles. The van der Waals surface area contributed by atoms with Crippen molar-refractivity contribution in [3.05, 3.63) is 0 Å². The zero-order valence-electron chi connectivity index (χ0n) is 11.3. The lowest BCUT2D eigenvalue weighted by atomic mass is 9.85. The number of nitrogens with two attached hydrogens (primary N) is 1. The molecule has 4 nitrogen and oxygen atoms in total. The first-order chi connectivity index (χ1) is 8.03. The maximum atomic E-state index is 8.43. The lowest BCUT2D eigenvalue weighted by molar-refractivity contribution is 0.258. The minimum atomic E-state index is 0.349. The third-order valence-corrected chi connectivity index (χ3v) is 3.72. The molecular formula is C13H27N3O. The summed E-state index contributed by atoms with van der Waals surface area (Å²) < 4.78 is 0. The standard InChI is InChI=1S/C13H27N3O/c1-13(2)7-5-10-16(11-8-13)9-4-3-6-12(14)15-17/h17H,3-11H2,1-2H3,(H2,14,15). The van der Waals surface area contributed by atoms with Gasteiger partial charge < -0.3 is 15.8 Å². The Morgan fingerprint density at radius 3 is 2.76 bits per heavy atom. The molecular weight excluding hydrogens is 214 g/mol. The molecule has 0 amide bonds. The first kappa shape index (κ1) is 14.3. The highest BCUT2D eigenvalue weighted by Gasteiger charge is 2.22. The van der Waals surface area contributed by atoms with Crippen LogP contribution in [0.5, 0.6) is 0 Å². The van der Waals surface area contributed by atoms with E-state index in [-0.39, 0.29) is 0 Å². The summed E-state index contributed by atoms with van der Waals surface area (Å²) in [6.45, 7) is 8.34. The molecule has 1 fully saturated rings. The van der Waals surface area contributed by atoms with Crippen LogP contribution in [-0.4, -0.2) is 35.6 Å². The SMILES string of the molecule is CC1(C)CCCN(CCCCC(N)=NO)CC1. The van der Waals surface area contributed by atoms with E-state index in [0.29, 0.717) is 17.7 Å². The molecule has 17 heavy (non-hydrogen) atoms. The van der Waals surface area contributed by atoms with E-state index in [1.807, 2.05) is 0 Å². The van der Waals surface area contributed by atoms with Crippen LogP contribution in [-0.2, 0) is 0 Å². The molecule has 0 aromatic rings. The van der Waals surface area contributed by atoms with Crippen molar-refractivity contribution in [2.24, 2.45) is 16.3 Å². The second-order valence-electron chi connectivity index (χ2n) is 5.91. The van der Waals surface area contributed by atoms with Crippen LogP contribution in [0.2, 0.25) is 0 Å². The van der Waals surface area contributed by atoms with E-state index < -0.39 is 0 Å². The van der Waals surface area contributed by atoms with Crippen LogP contribution in [0.15, 0.2) is 5.16 Å². The fourth-order valence-corrected chi connectivity index (χ4v) is 2.39. The zero-order chi connectivity index (χ0) is 12.7. The Balaban J connectivity index is 2.15. The van der Waals surface area contributed by atoms with Crippen molar-refractivity contribution in [2.45, 2.75) is 52.4 Å². The van der Waals surface area contributed by atoms with Crippen molar-refractivity contribution in [3.8, 4) is 0 Å². The molecule has 0 unspecified atom stereocenters. The zero-order valence-corrected chi connectivity index (χ0v) is 11.3. The van der Waals surface area contributed by atoms with Crippen LogP contribution in [0.1, 0.15) is 52.4 Å². The fourth-order valence-electron chi connectivity index (χ4n) is 2.39. The summed E-state index contributed by atoms with van der Waals surface area (Å²) >= 11 is 0. The summed E-state index contributed by atoms with van der Waals surface area (Å²) in [5.41, 5.74) is 5.96. The van der Waals surface area contributed by atoms with Gasteiger partial charge in [0, 0.05) is 6.42 Å². The number of likely N-dealkylation sites (tertiary alicyclic amines) is 1. The molecule has 1 rings (SSSR count). The second-order valence-corrected chi connectivity index (χ2v) is 5.91. The van der Waals surface area contributed by atoms with Crippen molar-refractivity contribution in [1.82, 2.24) is 4.90 Å². The average molecular weight is 241 g/mol. The number of oxime groups is 1.